The van der Waals surface area contributed by atoms with Crippen LogP contribution in [0.5, 0.6) is 0 Å². The minimum atomic E-state index is -0.513. The van der Waals surface area contributed by atoms with E-state index in [9.17, 15) is 14.9 Å². The van der Waals surface area contributed by atoms with Gasteiger partial charge in [0.25, 0.3) is 5.69 Å². The molecular formula is C12H16ClN3O3. The number of hydrogen-bond donors (Lipinski definition) is 1. The first kappa shape index (κ1) is 15.2. The second-order valence-corrected chi connectivity index (χ2v) is 4.27. The Kier molecular flexibility index (Phi) is 5.57. The van der Waals surface area contributed by atoms with Gasteiger partial charge in [-0.15, -0.1) is 0 Å². The molecule has 0 saturated carbocycles. The van der Waals surface area contributed by atoms with Crippen molar-refractivity contribution < 1.29 is 9.72 Å². The highest BCUT2D eigenvalue weighted by atomic mass is 35.5. The number of benzene rings is 1. The zero-order chi connectivity index (χ0) is 14.4. The quantitative estimate of drug-likeness (QED) is 0.644. The van der Waals surface area contributed by atoms with E-state index in [1.807, 2.05) is 13.8 Å². The van der Waals surface area contributed by atoms with E-state index in [2.05, 4.69) is 5.32 Å². The number of amides is 1. The second kappa shape index (κ2) is 6.94. The van der Waals surface area contributed by atoms with E-state index in [0.29, 0.717) is 18.1 Å². The zero-order valence-electron chi connectivity index (χ0n) is 10.9. The van der Waals surface area contributed by atoms with Crippen molar-refractivity contribution in [3.05, 3.63) is 33.3 Å². The van der Waals surface area contributed by atoms with Crippen molar-refractivity contribution in [2.24, 2.45) is 0 Å². The number of nitrogens with one attached hydrogen (secondary N) is 1. The Labute approximate surface area is 116 Å². The van der Waals surface area contributed by atoms with Crippen molar-refractivity contribution in [3.63, 3.8) is 0 Å². The summed E-state index contributed by atoms with van der Waals surface area (Å²) >= 11 is 5.80. The Morgan fingerprint density at radius 1 is 1.42 bits per heavy atom. The van der Waals surface area contributed by atoms with Gasteiger partial charge in [-0.05, 0) is 26.0 Å². The molecule has 0 saturated heterocycles. The summed E-state index contributed by atoms with van der Waals surface area (Å²) in [5.74, 6) is -0.112. The molecule has 1 rings (SSSR count). The molecule has 1 aromatic carbocycles. The predicted molar refractivity (Wildman–Crippen MR) is 74.5 cm³/mol. The molecule has 19 heavy (non-hydrogen) atoms. The van der Waals surface area contributed by atoms with E-state index in [0.717, 1.165) is 0 Å². The number of carbonyl (C=O) groups excluding carboxylic acids is 1. The second-order valence-electron chi connectivity index (χ2n) is 3.84. The summed E-state index contributed by atoms with van der Waals surface area (Å²) in [4.78, 5) is 23.8. The summed E-state index contributed by atoms with van der Waals surface area (Å²) < 4.78 is 0. The highest BCUT2D eigenvalue weighted by molar-refractivity contribution is 6.31. The van der Waals surface area contributed by atoms with E-state index in [4.69, 9.17) is 11.6 Å². The van der Waals surface area contributed by atoms with Gasteiger partial charge in [-0.2, -0.15) is 0 Å². The minimum Gasteiger partial charge on any atom is -0.371 e. The number of anilines is 1. The normalized spacial score (nSPS) is 10.1. The lowest BCUT2D eigenvalue weighted by atomic mass is 10.2. The van der Waals surface area contributed by atoms with Crippen LogP contribution in [0.25, 0.3) is 0 Å². The zero-order valence-corrected chi connectivity index (χ0v) is 11.6. The lowest BCUT2D eigenvalue weighted by Crippen LogP contribution is -2.35. The largest absolute Gasteiger partial charge is 0.371 e. The van der Waals surface area contributed by atoms with Crippen molar-refractivity contribution in [3.8, 4) is 0 Å². The molecule has 7 heteroatoms. The molecule has 0 aliphatic heterocycles. The number of carbonyl (C=O) groups is 1. The van der Waals surface area contributed by atoms with Crippen LogP contribution < -0.4 is 5.32 Å². The van der Waals surface area contributed by atoms with E-state index < -0.39 is 4.92 Å². The van der Waals surface area contributed by atoms with Gasteiger partial charge in [-0.1, -0.05) is 11.6 Å². The van der Waals surface area contributed by atoms with Crippen molar-refractivity contribution >= 4 is 28.9 Å². The topological polar surface area (TPSA) is 75.5 Å². The molecule has 0 fully saturated rings. The van der Waals surface area contributed by atoms with Crippen LogP contribution in [-0.4, -0.2) is 35.4 Å². The maximum absolute atomic E-state index is 11.8. The molecule has 0 aromatic heterocycles. The van der Waals surface area contributed by atoms with Gasteiger partial charge < -0.3 is 10.2 Å². The van der Waals surface area contributed by atoms with Crippen molar-refractivity contribution in [1.82, 2.24) is 4.90 Å². The molecule has 6 nitrogen and oxygen atoms in total. The van der Waals surface area contributed by atoms with Gasteiger partial charge in [0.15, 0.2) is 0 Å². The lowest BCUT2D eigenvalue weighted by Gasteiger charge is -2.19. The standard InChI is InChI=1S/C12H16ClN3O3/c1-3-15(4-2)12(17)8-14-10-7-9(13)5-6-11(10)16(18)19/h5-7,14H,3-4,8H2,1-2H3. The minimum absolute atomic E-state index is 0.00284. The molecule has 1 aromatic rings. The molecule has 0 aliphatic carbocycles. The van der Waals surface area contributed by atoms with Crippen LogP contribution in [0.3, 0.4) is 0 Å². The van der Waals surface area contributed by atoms with Crippen LogP contribution in [0.4, 0.5) is 11.4 Å². The Hall–Kier alpha value is -1.82. The highest BCUT2D eigenvalue weighted by Gasteiger charge is 2.16. The first-order chi connectivity index (χ1) is 8.99. The third kappa shape index (κ3) is 4.10. The lowest BCUT2D eigenvalue weighted by molar-refractivity contribution is -0.383. The third-order valence-electron chi connectivity index (χ3n) is 2.70. The predicted octanol–water partition coefficient (Wildman–Crippen LogP) is 2.53. The Morgan fingerprint density at radius 3 is 2.58 bits per heavy atom. The number of nitro benzene ring substituents is 1. The molecule has 0 radical (unpaired) electrons. The van der Waals surface area contributed by atoms with Gasteiger partial charge in [0.2, 0.25) is 5.91 Å². The summed E-state index contributed by atoms with van der Waals surface area (Å²) in [5.41, 5.74) is 0.148. The summed E-state index contributed by atoms with van der Waals surface area (Å²) in [7, 11) is 0. The van der Waals surface area contributed by atoms with Crippen molar-refractivity contribution in [1.29, 1.82) is 0 Å². The summed E-state index contributed by atoms with van der Waals surface area (Å²) in [5, 5.41) is 14.0. The first-order valence-corrected chi connectivity index (χ1v) is 6.33. The number of halogens is 1. The molecule has 1 amide bonds. The first-order valence-electron chi connectivity index (χ1n) is 5.95. The fourth-order valence-corrected chi connectivity index (χ4v) is 1.84. The van der Waals surface area contributed by atoms with E-state index in [1.165, 1.54) is 18.2 Å². The van der Waals surface area contributed by atoms with Crippen LogP contribution >= 0.6 is 11.6 Å². The van der Waals surface area contributed by atoms with Crippen LogP contribution in [0.1, 0.15) is 13.8 Å². The molecular weight excluding hydrogens is 270 g/mol. The van der Waals surface area contributed by atoms with Gasteiger partial charge in [-0.25, -0.2) is 0 Å². The highest BCUT2D eigenvalue weighted by Crippen LogP contribution is 2.27. The molecule has 1 N–H and O–H groups in total. The van der Waals surface area contributed by atoms with Gasteiger partial charge in [0.05, 0.1) is 11.5 Å². The Balaban J connectivity index is 2.79. The molecule has 0 atom stereocenters. The number of hydrogen-bond acceptors (Lipinski definition) is 4. The van der Waals surface area contributed by atoms with Gasteiger partial charge in [0, 0.05) is 24.2 Å². The molecule has 0 spiro atoms. The number of likely N-dealkylation sites (N-methyl/N-ethyl adjacent to an activating group) is 1. The fraction of sp³-hybridized carbons (Fsp3) is 0.417. The van der Waals surface area contributed by atoms with Crippen LogP contribution in [0.15, 0.2) is 18.2 Å². The van der Waals surface area contributed by atoms with Gasteiger partial charge in [-0.3, -0.25) is 14.9 Å². The average molecular weight is 286 g/mol. The average Bonchev–Trinajstić information content (AvgIpc) is 2.37. The number of nitro groups is 1. The van der Waals surface area contributed by atoms with E-state index in [1.54, 1.807) is 4.90 Å². The SMILES string of the molecule is CCN(CC)C(=O)CNc1cc(Cl)ccc1[N+](=O)[O-]. The monoisotopic (exact) mass is 285 g/mol. The number of nitrogens with zero attached hydrogens (tertiary/aromatic N) is 2. The summed E-state index contributed by atoms with van der Waals surface area (Å²) in [6, 6.07) is 4.19. The number of rotatable bonds is 6. The molecule has 0 heterocycles. The van der Waals surface area contributed by atoms with Crippen LogP contribution in [0.2, 0.25) is 5.02 Å². The molecule has 0 aliphatic rings. The van der Waals surface area contributed by atoms with Crippen LogP contribution in [0, 0.1) is 10.1 Å². The smallest absolute Gasteiger partial charge is 0.292 e. The van der Waals surface area contributed by atoms with Gasteiger partial charge >= 0.3 is 0 Å². The maximum atomic E-state index is 11.8. The van der Waals surface area contributed by atoms with E-state index in [-0.39, 0.29) is 23.8 Å². The summed E-state index contributed by atoms with van der Waals surface area (Å²) in [6.45, 7) is 4.97. The Morgan fingerprint density at radius 2 is 2.05 bits per heavy atom. The van der Waals surface area contributed by atoms with Crippen molar-refractivity contribution in [2.75, 3.05) is 25.0 Å². The Bertz CT molecular complexity index is 475. The van der Waals surface area contributed by atoms with Crippen molar-refractivity contribution in [2.45, 2.75) is 13.8 Å². The fourth-order valence-electron chi connectivity index (χ4n) is 1.67. The molecule has 104 valence electrons. The molecule has 0 bridgehead atoms. The summed E-state index contributed by atoms with van der Waals surface area (Å²) in [6.07, 6.45) is 0. The third-order valence-corrected chi connectivity index (χ3v) is 2.94. The molecule has 0 unspecified atom stereocenters. The van der Waals surface area contributed by atoms with Gasteiger partial charge in [0.1, 0.15) is 5.69 Å². The van der Waals surface area contributed by atoms with E-state index >= 15 is 0 Å². The maximum Gasteiger partial charge on any atom is 0.292 e. The van der Waals surface area contributed by atoms with Crippen LogP contribution in [-0.2, 0) is 4.79 Å².